The van der Waals surface area contributed by atoms with E-state index < -0.39 is 0 Å². The van der Waals surface area contributed by atoms with Crippen LogP contribution in [0.5, 0.6) is 5.88 Å². The van der Waals surface area contributed by atoms with Crippen molar-refractivity contribution in [1.82, 2.24) is 15.6 Å². The van der Waals surface area contributed by atoms with Gasteiger partial charge < -0.3 is 15.4 Å². The smallest absolute Gasteiger partial charge is 0.213 e. The molecule has 5 nitrogen and oxygen atoms in total. The molecule has 6 heteroatoms. The summed E-state index contributed by atoms with van der Waals surface area (Å²) in [6, 6.07) is 5.72. The minimum atomic E-state index is 0. The summed E-state index contributed by atoms with van der Waals surface area (Å²) in [4.78, 5) is 8.63. The van der Waals surface area contributed by atoms with Gasteiger partial charge in [-0.1, -0.05) is 6.07 Å². The van der Waals surface area contributed by atoms with Gasteiger partial charge in [-0.05, 0) is 12.5 Å². The number of ether oxygens (including phenoxy) is 1. The fourth-order valence-corrected chi connectivity index (χ4v) is 1.50. The molecule has 2 heterocycles. The van der Waals surface area contributed by atoms with E-state index >= 15 is 0 Å². The third-order valence-electron chi connectivity index (χ3n) is 2.32. The number of nitrogens with one attached hydrogen (secondary N) is 2. The Labute approximate surface area is 118 Å². The average Bonchev–Trinajstić information content (AvgIpc) is 2.38. The summed E-state index contributed by atoms with van der Waals surface area (Å²) in [5.74, 6) is 1.49. The molecule has 0 atom stereocenters. The molecule has 0 bridgehead atoms. The van der Waals surface area contributed by atoms with Crippen molar-refractivity contribution >= 4 is 29.9 Å². The number of hydrogen-bond donors (Lipinski definition) is 2. The molecule has 0 radical (unpaired) electrons. The number of hydrogen-bond acceptors (Lipinski definition) is 5. The Hall–Kier alpha value is -1.05. The highest BCUT2D eigenvalue weighted by Crippen LogP contribution is 2.06. The summed E-state index contributed by atoms with van der Waals surface area (Å²) in [7, 11) is 1.62. The first-order valence-electron chi connectivity index (χ1n) is 5.40. The molecule has 0 saturated heterocycles. The van der Waals surface area contributed by atoms with Crippen LogP contribution in [0.4, 0.5) is 0 Å². The summed E-state index contributed by atoms with van der Waals surface area (Å²) >= 11 is 0. The predicted octanol–water partition coefficient (Wildman–Crippen LogP) is 1.15. The summed E-state index contributed by atoms with van der Waals surface area (Å²) in [5.41, 5.74) is 0.939. The molecule has 17 heavy (non-hydrogen) atoms. The summed E-state index contributed by atoms with van der Waals surface area (Å²) < 4.78 is 5.06. The molecule has 0 spiro atoms. The minimum Gasteiger partial charge on any atom is -0.481 e. The van der Waals surface area contributed by atoms with Crippen LogP contribution in [0.15, 0.2) is 23.2 Å². The maximum absolute atomic E-state index is 5.06. The average molecular weight is 348 g/mol. The molecule has 1 aliphatic rings. The van der Waals surface area contributed by atoms with Crippen LogP contribution in [0.3, 0.4) is 0 Å². The Balaban J connectivity index is 0.00000144. The fraction of sp³-hybridized carbons (Fsp3) is 0.455. The number of guanidine groups is 1. The van der Waals surface area contributed by atoms with Crippen molar-refractivity contribution in [3.05, 3.63) is 23.9 Å². The van der Waals surface area contributed by atoms with E-state index in [9.17, 15) is 0 Å². The molecular formula is C11H17IN4O. The lowest BCUT2D eigenvalue weighted by molar-refractivity contribution is 0.396. The molecule has 0 saturated carbocycles. The van der Waals surface area contributed by atoms with E-state index in [-0.39, 0.29) is 24.0 Å². The van der Waals surface area contributed by atoms with Gasteiger partial charge in [-0.15, -0.1) is 24.0 Å². The molecule has 0 fully saturated rings. The molecule has 1 aromatic rings. The first-order valence-corrected chi connectivity index (χ1v) is 5.40. The van der Waals surface area contributed by atoms with Crippen molar-refractivity contribution in [2.45, 2.75) is 13.0 Å². The van der Waals surface area contributed by atoms with Crippen LogP contribution >= 0.6 is 24.0 Å². The number of halogens is 1. The molecule has 2 rings (SSSR count). The van der Waals surface area contributed by atoms with Crippen LogP contribution in [0.1, 0.15) is 12.1 Å². The van der Waals surface area contributed by atoms with Crippen molar-refractivity contribution in [3.8, 4) is 5.88 Å². The Bertz CT molecular complexity index is 383. The highest BCUT2D eigenvalue weighted by molar-refractivity contribution is 14.0. The minimum absolute atomic E-state index is 0. The molecule has 1 aromatic heterocycles. The van der Waals surface area contributed by atoms with Crippen LogP contribution in [0, 0.1) is 0 Å². The third kappa shape index (κ3) is 4.37. The Kier molecular flexibility index (Phi) is 6.03. The van der Waals surface area contributed by atoms with Crippen molar-refractivity contribution in [2.24, 2.45) is 4.99 Å². The number of nitrogens with zero attached hydrogens (tertiary/aromatic N) is 2. The van der Waals surface area contributed by atoms with Crippen LogP contribution < -0.4 is 15.4 Å². The Morgan fingerprint density at radius 2 is 2.35 bits per heavy atom. The molecular weight excluding hydrogens is 331 g/mol. The molecule has 0 aliphatic carbocycles. The molecule has 0 unspecified atom stereocenters. The van der Waals surface area contributed by atoms with Gasteiger partial charge in [0.05, 0.1) is 19.3 Å². The van der Waals surface area contributed by atoms with Crippen molar-refractivity contribution < 1.29 is 4.74 Å². The van der Waals surface area contributed by atoms with E-state index in [0.717, 1.165) is 31.2 Å². The van der Waals surface area contributed by atoms with Gasteiger partial charge >= 0.3 is 0 Å². The lowest BCUT2D eigenvalue weighted by atomic mass is 10.3. The molecule has 0 aromatic carbocycles. The topological polar surface area (TPSA) is 58.5 Å². The van der Waals surface area contributed by atoms with E-state index in [1.165, 1.54) is 0 Å². The zero-order chi connectivity index (χ0) is 11.2. The van der Waals surface area contributed by atoms with Crippen molar-refractivity contribution in [3.63, 3.8) is 0 Å². The summed E-state index contributed by atoms with van der Waals surface area (Å²) in [5, 5.41) is 6.41. The largest absolute Gasteiger partial charge is 0.481 e. The lowest BCUT2D eigenvalue weighted by Gasteiger charge is -2.15. The maximum Gasteiger partial charge on any atom is 0.213 e. The van der Waals surface area contributed by atoms with Crippen molar-refractivity contribution in [1.29, 1.82) is 0 Å². The number of aliphatic imine (C=N–C) groups is 1. The number of rotatable bonds is 3. The fourth-order valence-electron chi connectivity index (χ4n) is 1.50. The zero-order valence-electron chi connectivity index (χ0n) is 9.77. The monoisotopic (exact) mass is 348 g/mol. The van der Waals surface area contributed by atoms with Crippen molar-refractivity contribution in [2.75, 3.05) is 20.2 Å². The van der Waals surface area contributed by atoms with Gasteiger partial charge in [0.1, 0.15) is 0 Å². The number of pyridine rings is 1. The van der Waals surface area contributed by atoms with Crippen LogP contribution in [0.25, 0.3) is 0 Å². The third-order valence-corrected chi connectivity index (χ3v) is 2.32. The highest BCUT2D eigenvalue weighted by atomic mass is 127. The second-order valence-corrected chi connectivity index (χ2v) is 3.54. The number of aromatic nitrogens is 1. The molecule has 0 amide bonds. The number of methoxy groups -OCH3 is 1. The SMILES string of the molecule is COc1cccc(CNC2=NCCCN2)n1.I. The normalized spacial score (nSPS) is 14.1. The molecule has 1 aliphatic heterocycles. The summed E-state index contributed by atoms with van der Waals surface area (Å²) in [6.45, 7) is 2.53. The highest BCUT2D eigenvalue weighted by Gasteiger charge is 2.03. The zero-order valence-corrected chi connectivity index (χ0v) is 12.1. The maximum atomic E-state index is 5.06. The molecule has 94 valence electrons. The van der Waals surface area contributed by atoms with E-state index in [2.05, 4.69) is 20.6 Å². The second kappa shape index (κ2) is 7.31. The van der Waals surface area contributed by atoms with Gasteiger partial charge in [-0.3, -0.25) is 4.99 Å². The van der Waals surface area contributed by atoms with Crippen LogP contribution in [-0.4, -0.2) is 31.1 Å². The van der Waals surface area contributed by atoms with Gasteiger partial charge in [-0.2, -0.15) is 0 Å². The Morgan fingerprint density at radius 1 is 1.47 bits per heavy atom. The van der Waals surface area contributed by atoms with E-state index in [4.69, 9.17) is 4.74 Å². The molecule has 2 N–H and O–H groups in total. The summed E-state index contributed by atoms with van der Waals surface area (Å²) in [6.07, 6.45) is 1.10. The lowest BCUT2D eigenvalue weighted by Crippen LogP contribution is -2.40. The van der Waals surface area contributed by atoms with E-state index in [1.54, 1.807) is 7.11 Å². The first kappa shape index (κ1) is 14.0. The second-order valence-electron chi connectivity index (χ2n) is 3.54. The Morgan fingerprint density at radius 3 is 3.06 bits per heavy atom. The van der Waals surface area contributed by atoms with Gasteiger partial charge in [0.2, 0.25) is 5.88 Å². The predicted molar refractivity (Wildman–Crippen MR) is 78.0 cm³/mol. The van der Waals surface area contributed by atoms with Gasteiger partial charge in [0, 0.05) is 19.2 Å². The van der Waals surface area contributed by atoms with Crippen LogP contribution in [-0.2, 0) is 6.54 Å². The van der Waals surface area contributed by atoms with Gasteiger partial charge in [-0.25, -0.2) is 4.98 Å². The van der Waals surface area contributed by atoms with Gasteiger partial charge in [0.25, 0.3) is 0 Å². The standard InChI is InChI=1S/C11H16N4O.HI/c1-16-10-5-2-4-9(15-10)8-14-11-12-6-3-7-13-11;/h2,4-5H,3,6-8H2,1H3,(H2,12,13,14);1H. The quantitative estimate of drug-likeness (QED) is 0.805. The van der Waals surface area contributed by atoms with Gasteiger partial charge in [0.15, 0.2) is 5.96 Å². The van der Waals surface area contributed by atoms with E-state index in [0.29, 0.717) is 12.4 Å². The first-order chi connectivity index (χ1) is 7.88. The van der Waals surface area contributed by atoms with Crippen LogP contribution in [0.2, 0.25) is 0 Å². The van der Waals surface area contributed by atoms with E-state index in [1.807, 2.05) is 18.2 Å².